The number of hydrogen-bond donors (Lipinski definition) is 3. The molecule has 3 heterocycles. The molecule has 270 valence electrons. The minimum Gasteiger partial charge on any atom is -0.472 e. The minimum atomic E-state index is -1.28. The average Bonchev–Trinajstić information content (AvgIpc) is 3.71. The van der Waals surface area contributed by atoms with E-state index >= 15 is 0 Å². The van der Waals surface area contributed by atoms with Crippen LogP contribution >= 0.6 is 0 Å². The second kappa shape index (κ2) is 14.2. The number of nitrogens with zero attached hydrogens (tertiary/aromatic N) is 4. The van der Waals surface area contributed by atoms with Crippen LogP contribution < -0.4 is 10.1 Å². The number of esters is 3. The van der Waals surface area contributed by atoms with Crippen LogP contribution in [0.1, 0.15) is 56.7 Å². The molecule has 5 aromatic rings. The van der Waals surface area contributed by atoms with Gasteiger partial charge >= 0.3 is 17.9 Å². The van der Waals surface area contributed by atoms with Crippen molar-refractivity contribution in [3.05, 3.63) is 78.6 Å². The van der Waals surface area contributed by atoms with Crippen molar-refractivity contribution < 1.29 is 48.3 Å². The Labute approximate surface area is 297 Å². The summed E-state index contributed by atoms with van der Waals surface area (Å²) in [5.74, 6) is -1.88. The molecule has 1 saturated heterocycles. The number of ether oxygens (including phenoxy) is 5. The fourth-order valence-corrected chi connectivity index (χ4v) is 7.13. The van der Waals surface area contributed by atoms with Crippen LogP contribution in [-0.2, 0) is 33.3 Å². The van der Waals surface area contributed by atoms with E-state index in [1.165, 1.54) is 27.1 Å². The number of nitrogens with one attached hydrogen (secondary N) is 1. The number of carbonyl (C=O) groups excluding carboxylic acids is 3. The Balaban J connectivity index is 1.47. The van der Waals surface area contributed by atoms with Crippen molar-refractivity contribution in [2.75, 3.05) is 18.5 Å². The quantitative estimate of drug-likeness (QED) is 0.0815. The van der Waals surface area contributed by atoms with Crippen LogP contribution in [0.2, 0.25) is 0 Å². The molecule has 0 bridgehead atoms. The topological polar surface area (TPSA) is 193 Å². The van der Waals surface area contributed by atoms with E-state index in [1.807, 2.05) is 42.5 Å². The van der Waals surface area contributed by atoms with Crippen LogP contribution in [0.3, 0.4) is 0 Å². The zero-order valence-electron chi connectivity index (χ0n) is 28.6. The molecule has 3 aromatic carbocycles. The molecule has 1 aliphatic carbocycles. The van der Waals surface area contributed by atoms with Gasteiger partial charge in [-0.15, -0.1) is 0 Å². The number of anilines is 1. The highest BCUT2D eigenvalue weighted by Crippen LogP contribution is 2.48. The first-order valence-electron chi connectivity index (χ1n) is 16.7. The van der Waals surface area contributed by atoms with E-state index in [0.717, 1.165) is 21.5 Å². The number of carbonyl (C=O) groups is 3. The normalized spacial score (nSPS) is 24.0. The molecule has 0 unspecified atom stereocenters. The van der Waals surface area contributed by atoms with Crippen molar-refractivity contribution in [1.29, 1.82) is 0 Å². The highest BCUT2D eigenvalue weighted by molar-refractivity contribution is 6.10. The summed E-state index contributed by atoms with van der Waals surface area (Å²) in [6, 6.07) is 14.4. The number of fused-ring (bicyclic) bond motifs is 6. The molecule has 1 aliphatic heterocycles. The molecule has 15 nitrogen and oxygen atoms in total. The van der Waals surface area contributed by atoms with Crippen LogP contribution in [-0.4, -0.2) is 85.3 Å². The van der Waals surface area contributed by atoms with Gasteiger partial charge in [-0.1, -0.05) is 61.2 Å². The van der Waals surface area contributed by atoms with Crippen molar-refractivity contribution >= 4 is 56.6 Å². The molecular formula is C37H37N5O10. The molecule has 15 heteroatoms. The summed E-state index contributed by atoms with van der Waals surface area (Å²) in [6.07, 6.45) is -2.93. The minimum absolute atomic E-state index is 0.0171. The molecule has 0 spiro atoms. The van der Waals surface area contributed by atoms with Gasteiger partial charge in [0.2, 0.25) is 11.8 Å². The lowest BCUT2D eigenvalue weighted by Gasteiger charge is -2.42. The first-order valence-corrected chi connectivity index (χ1v) is 16.7. The van der Waals surface area contributed by atoms with Crippen LogP contribution in [0, 0.1) is 0 Å². The van der Waals surface area contributed by atoms with Crippen LogP contribution in [0.4, 0.5) is 5.95 Å². The summed E-state index contributed by atoms with van der Waals surface area (Å²) in [4.78, 5) is 52.0. The summed E-state index contributed by atoms with van der Waals surface area (Å²) >= 11 is 0. The predicted molar refractivity (Wildman–Crippen MR) is 186 cm³/mol. The van der Waals surface area contributed by atoms with Gasteiger partial charge < -0.3 is 39.2 Å². The zero-order chi connectivity index (χ0) is 36.7. The molecule has 7 rings (SSSR count). The number of benzene rings is 3. The third-order valence-corrected chi connectivity index (χ3v) is 9.16. The summed E-state index contributed by atoms with van der Waals surface area (Å²) < 4.78 is 31.1. The Bertz CT molecular complexity index is 2200. The fourth-order valence-electron chi connectivity index (χ4n) is 7.13. The lowest BCUT2D eigenvalue weighted by molar-refractivity contribution is -0.187. The SMILES string of the molecule is C=CCOc1nc(N[C@@H]2c3c(ccc4ccc5ccccc5c34)[C@H](OC(C)=O)[C@@H](OC(C)=O)[C@@H]2OC(C)=O)nc2c1ncn2[C@H]1C[C@H](O)[C@@H](CO)O1. The fraction of sp³-hybridized carbons (Fsp3) is 0.351. The monoisotopic (exact) mass is 711 g/mol. The van der Waals surface area contributed by atoms with E-state index in [9.17, 15) is 24.6 Å². The summed E-state index contributed by atoms with van der Waals surface area (Å²) in [5.41, 5.74) is 1.70. The average molecular weight is 712 g/mol. The van der Waals surface area contributed by atoms with E-state index < -0.39 is 60.7 Å². The molecule has 3 N–H and O–H groups in total. The smallest absolute Gasteiger partial charge is 0.303 e. The van der Waals surface area contributed by atoms with Gasteiger partial charge in [0, 0.05) is 32.8 Å². The number of imidazole rings is 1. The van der Waals surface area contributed by atoms with E-state index in [4.69, 9.17) is 28.7 Å². The van der Waals surface area contributed by atoms with Gasteiger partial charge in [-0.25, -0.2) is 4.98 Å². The maximum atomic E-state index is 12.8. The third kappa shape index (κ3) is 6.38. The third-order valence-electron chi connectivity index (χ3n) is 9.16. The van der Waals surface area contributed by atoms with Crippen molar-refractivity contribution in [2.24, 2.45) is 0 Å². The van der Waals surface area contributed by atoms with Gasteiger partial charge in [0.15, 0.2) is 29.5 Å². The maximum Gasteiger partial charge on any atom is 0.303 e. The summed E-state index contributed by atoms with van der Waals surface area (Å²) in [7, 11) is 0. The predicted octanol–water partition coefficient (Wildman–Crippen LogP) is 3.97. The second-order valence-corrected chi connectivity index (χ2v) is 12.6. The molecule has 52 heavy (non-hydrogen) atoms. The number of rotatable bonds is 10. The van der Waals surface area contributed by atoms with Crippen molar-refractivity contribution in [3.63, 3.8) is 0 Å². The largest absolute Gasteiger partial charge is 0.472 e. The Hall–Kier alpha value is -5.64. The van der Waals surface area contributed by atoms with Crippen LogP contribution in [0.15, 0.2) is 67.5 Å². The summed E-state index contributed by atoms with van der Waals surface area (Å²) in [6.45, 7) is 7.14. The van der Waals surface area contributed by atoms with Crippen molar-refractivity contribution in [1.82, 2.24) is 19.5 Å². The number of hydrogen-bond acceptors (Lipinski definition) is 14. The zero-order valence-corrected chi connectivity index (χ0v) is 28.6. The van der Waals surface area contributed by atoms with Gasteiger partial charge in [-0.05, 0) is 27.1 Å². The van der Waals surface area contributed by atoms with E-state index in [2.05, 4.69) is 21.9 Å². The standard InChI is InChI=1S/C37H37N5O10/c1-5-14-48-36-31-35(42(17-38-31)27-15-25(47)26(16-43)52-27)40-37(41-36)39-30-29-24(13-12-22-11-10-21-8-6-7-9-23(21)28(22)29)32(49-18(2)44)34(51-20(4)46)33(30)50-19(3)45/h5-13,17,25-27,30,32-34,43,47H,1,14-16H2,2-4H3,(H,39,40,41)/t25-,26+,27+,30+,32-,33+,34+/m0/s1. The Morgan fingerprint density at radius 1 is 0.981 bits per heavy atom. The van der Waals surface area contributed by atoms with Gasteiger partial charge in [-0.3, -0.25) is 19.0 Å². The molecule has 2 aromatic heterocycles. The Morgan fingerprint density at radius 2 is 1.69 bits per heavy atom. The lowest BCUT2D eigenvalue weighted by Crippen LogP contribution is -2.50. The number of aliphatic hydroxyl groups is 2. The highest BCUT2D eigenvalue weighted by Gasteiger charge is 2.50. The molecule has 7 atom stereocenters. The molecule has 0 saturated carbocycles. The number of aliphatic hydroxyl groups excluding tert-OH is 2. The van der Waals surface area contributed by atoms with Crippen molar-refractivity contribution in [2.45, 2.75) is 70.0 Å². The van der Waals surface area contributed by atoms with Gasteiger partial charge in [0.1, 0.15) is 18.9 Å². The molecule has 2 aliphatic rings. The summed E-state index contributed by atoms with van der Waals surface area (Å²) in [5, 5.41) is 27.0. The molecule has 0 radical (unpaired) electrons. The first-order chi connectivity index (χ1) is 25.1. The lowest BCUT2D eigenvalue weighted by atomic mass is 9.77. The van der Waals surface area contributed by atoms with Gasteiger partial charge in [0.25, 0.3) is 0 Å². The highest BCUT2D eigenvalue weighted by atomic mass is 16.6. The Kier molecular flexibility index (Phi) is 9.48. The van der Waals surface area contributed by atoms with E-state index in [0.29, 0.717) is 16.6 Å². The molecule has 0 amide bonds. The van der Waals surface area contributed by atoms with Gasteiger partial charge in [0.05, 0.1) is 25.1 Å². The molecular weight excluding hydrogens is 674 g/mol. The Morgan fingerprint density at radius 3 is 2.40 bits per heavy atom. The number of aromatic nitrogens is 4. The van der Waals surface area contributed by atoms with E-state index in [-0.39, 0.29) is 37.1 Å². The molecule has 1 fully saturated rings. The van der Waals surface area contributed by atoms with Crippen LogP contribution in [0.25, 0.3) is 32.7 Å². The van der Waals surface area contributed by atoms with Crippen molar-refractivity contribution in [3.8, 4) is 5.88 Å². The first kappa shape index (κ1) is 34.8. The maximum absolute atomic E-state index is 12.8. The second-order valence-electron chi connectivity index (χ2n) is 12.6. The van der Waals surface area contributed by atoms with Gasteiger partial charge in [-0.2, -0.15) is 9.97 Å². The van der Waals surface area contributed by atoms with Crippen LogP contribution in [0.5, 0.6) is 5.88 Å². The van der Waals surface area contributed by atoms with E-state index in [1.54, 1.807) is 16.7 Å².